The third kappa shape index (κ3) is 3.42. The predicted molar refractivity (Wildman–Crippen MR) is 118 cm³/mol. The summed E-state index contributed by atoms with van der Waals surface area (Å²) in [6.45, 7) is 1.00. The van der Waals surface area contributed by atoms with E-state index in [0.29, 0.717) is 24.2 Å². The molecular formula is C25H20N4O. The van der Waals surface area contributed by atoms with Crippen molar-refractivity contribution in [3.8, 4) is 11.3 Å². The molecule has 5 rings (SSSR count). The monoisotopic (exact) mass is 392 g/mol. The molecule has 0 unspecified atom stereocenters. The van der Waals surface area contributed by atoms with Gasteiger partial charge in [-0.1, -0.05) is 91.0 Å². The summed E-state index contributed by atoms with van der Waals surface area (Å²) in [5, 5.41) is 9.88. The second-order valence-electron chi connectivity index (χ2n) is 7.21. The summed E-state index contributed by atoms with van der Waals surface area (Å²) >= 11 is 0. The fourth-order valence-electron chi connectivity index (χ4n) is 3.67. The summed E-state index contributed by atoms with van der Waals surface area (Å²) in [5.41, 5.74) is 4.38. The first-order chi connectivity index (χ1) is 14.8. The Labute approximate surface area is 173 Å². The Kier molecular flexibility index (Phi) is 4.69. The highest BCUT2D eigenvalue weighted by atomic mass is 16.1. The molecule has 5 heteroatoms. The normalized spacial score (nSPS) is 11.1. The minimum absolute atomic E-state index is 0.130. The molecule has 0 aliphatic rings. The van der Waals surface area contributed by atoms with E-state index in [2.05, 4.69) is 17.2 Å². The van der Waals surface area contributed by atoms with E-state index < -0.39 is 0 Å². The molecule has 0 bridgehead atoms. The minimum Gasteiger partial charge on any atom is -0.267 e. The van der Waals surface area contributed by atoms with Gasteiger partial charge in [-0.15, -0.1) is 0 Å². The van der Waals surface area contributed by atoms with E-state index in [1.54, 1.807) is 6.20 Å². The van der Waals surface area contributed by atoms with E-state index in [-0.39, 0.29) is 5.56 Å². The van der Waals surface area contributed by atoms with Crippen molar-refractivity contribution in [3.63, 3.8) is 0 Å². The molecule has 0 fully saturated rings. The van der Waals surface area contributed by atoms with Crippen LogP contribution in [-0.4, -0.2) is 19.6 Å². The SMILES string of the molecule is O=c1c2c(-c3ccccc3)nn(Cc3ccccc3)c2cnn1Cc1ccccc1. The van der Waals surface area contributed by atoms with Gasteiger partial charge in [-0.25, -0.2) is 4.68 Å². The van der Waals surface area contributed by atoms with Gasteiger partial charge in [-0.2, -0.15) is 10.2 Å². The van der Waals surface area contributed by atoms with Crippen LogP contribution in [0.15, 0.2) is 102 Å². The second-order valence-corrected chi connectivity index (χ2v) is 7.21. The van der Waals surface area contributed by atoms with Crippen LogP contribution in [0.2, 0.25) is 0 Å². The number of fused-ring (bicyclic) bond motifs is 1. The Morgan fingerprint density at radius 2 is 1.20 bits per heavy atom. The van der Waals surface area contributed by atoms with Crippen LogP contribution >= 0.6 is 0 Å². The van der Waals surface area contributed by atoms with Crippen LogP contribution in [0.4, 0.5) is 0 Å². The highest BCUT2D eigenvalue weighted by Crippen LogP contribution is 2.25. The van der Waals surface area contributed by atoms with Crippen molar-refractivity contribution >= 4 is 10.9 Å². The van der Waals surface area contributed by atoms with Crippen molar-refractivity contribution in [2.75, 3.05) is 0 Å². The topological polar surface area (TPSA) is 52.7 Å². The average molecular weight is 392 g/mol. The second kappa shape index (κ2) is 7.79. The molecule has 5 aromatic rings. The molecule has 0 aliphatic carbocycles. The van der Waals surface area contributed by atoms with Gasteiger partial charge in [0.15, 0.2) is 0 Å². The molecule has 0 atom stereocenters. The zero-order valence-electron chi connectivity index (χ0n) is 16.3. The van der Waals surface area contributed by atoms with E-state index in [4.69, 9.17) is 5.10 Å². The average Bonchev–Trinajstić information content (AvgIpc) is 3.17. The summed E-state index contributed by atoms with van der Waals surface area (Å²) in [6, 6.07) is 29.8. The maximum absolute atomic E-state index is 13.4. The summed E-state index contributed by atoms with van der Waals surface area (Å²) in [4.78, 5) is 13.4. The largest absolute Gasteiger partial charge is 0.278 e. The first kappa shape index (κ1) is 18.1. The first-order valence-corrected chi connectivity index (χ1v) is 9.89. The number of aromatic nitrogens is 4. The van der Waals surface area contributed by atoms with Gasteiger partial charge in [0, 0.05) is 5.56 Å². The van der Waals surface area contributed by atoms with E-state index in [1.807, 2.05) is 83.5 Å². The zero-order valence-corrected chi connectivity index (χ0v) is 16.3. The smallest absolute Gasteiger partial charge is 0.267 e. The fraction of sp³-hybridized carbons (Fsp3) is 0.0800. The minimum atomic E-state index is -0.130. The number of nitrogens with zero attached hydrogens (tertiary/aromatic N) is 4. The Bertz CT molecular complexity index is 1340. The Morgan fingerprint density at radius 1 is 0.667 bits per heavy atom. The van der Waals surface area contributed by atoms with E-state index in [0.717, 1.165) is 22.2 Å². The predicted octanol–water partition coefficient (Wildman–Crippen LogP) is 4.36. The summed E-state index contributed by atoms with van der Waals surface area (Å²) in [5.74, 6) is 0. The molecule has 2 aromatic heterocycles. The highest BCUT2D eigenvalue weighted by molar-refractivity contribution is 5.92. The number of rotatable bonds is 5. The Hall–Kier alpha value is -3.99. The van der Waals surface area contributed by atoms with Gasteiger partial charge < -0.3 is 0 Å². The standard InChI is InChI=1S/C25H20N4O/c30-25-23-22(16-26-29(25)18-20-12-6-2-7-13-20)28(17-19-10-4-1-5-11-19)27-24(23)21-14-8-3-9-15-21/h1-16H,17-18H2. The molecule has 0 aliphatic heterocycles. The van der Waals surface area contributed by atoms with Crippen molar-refractivity contribution < 1.29 is 0 Å². The van der Waals surface area contributed by atoms with Crippen molar-refractivity contribution in [2.45, 2.75) is 13.1 Å². The van der Waals surface area contributed by atoms with Gasteiger partial charge in [0.2, 0.25) is 0 Å². The molecule has 0 amide bonds. The number of hydrogen-bond acceptors (Lipinski definition) is 3. The molecule has 0 radical (unpaired) electrons. The molecule has 0 N–H and O–H groups in total. The van der Waals surface area contributed by atoms with Gasteiger partial charge >= 0.3 is 0 Å². The van der Waals surface area contributed by atoms with Gasteiger partial charge in [-0.05, 0) is 11.1 Å². The van der Waals surface area contributed by atoms with Crippen LogP contribution in [0, 0.1) is 0 Å². The van der Waals surface area contributed by atoms with Gasteiger partial charge in [0.25, 0.3) is 5.56 Å². The first-order valence-electron chi connectivity index (χ1n) is 9.89. The Morgan fingerprint density at radius 3 is 1.80 bits per heavy atom. The molecule has 2 heterocycles. The Balaban J connectivity index is 1.67. The van der Waals surface area contributed by atoms with Crippen LogP contribution in [0.25, 0.3) is 22.2 Å². The van der Waals surface area contributed by atoms with E-state index >= 15 is 0 Å². The summed E-state index contributed by atoms with van der Waals surface area (Å²) in [7, 11) is 0. The maximum Gasteiger partial charge on any atom is 0.278 e. The maximum atomic E-state index is 13.4. The van der Waals surface area contributed by atoms with Crippen molar-refractivity contribution in [2.24, 2.45) is 0 Å². The number of benzene rings is 3. The summed E-state index contributed by atoms with van der Waals surface area (Å²) < 4.78 is 3.38. The van der Waals surface area contributed by atoms with Crippen molar-refractivity contribution in [3.05, 3.63) is 119 Å². The van der Waals surface area contributed by atoms with Gasteiger partial charge in [0.1, 0.15) is 5.69 Å². The lowest BCUT2D eigenvalue weighted by molar-refractivity contribution is 0.643. The third-order valence-corrected chi connectivity index (χ3v) is 5.16. The van der Waals surface area contributed by atoms with Crippen LogP contribution in [0.1, 0.15) is 11.1 Å². The molecule has 0 saturated carbocycles. The lowest BCUT2D eigenvalue weighted by Gasteiger charge is -2.06. The van der Waals surface area contributed by atoms with Crippen LogP contribution in [-0.2, 0) is 13.1 Å². The number of hydrogen-bond donors (Lipinski definition) is 0. The fourth-order valence-corrected chi connectivity index (χ4v) is 3.67. The molecule has 30 heavy (non-hydrogen) atoms. The zero-order chi connectivity index (χ0) is 20.3. The molecule has 5 nitrogen and oxygen atoms in total. The molecule has 0 saturated heterocycles. The van der Waals surface area contributed by atoms with Gasteiger partial charge in [-0.3, -0.25) is 9.48 Å². The highest BCUT2D eigenvalue weighted by Gasteiger charge is 2.18. The quantitative estimate of drug-likeness (QED) is 0.447. The third-order valence-electron chi connectivity index (χ3n) is 5.16. The molecule has 0 spiro atoms. The van der Waals surface area contributed by atoms with Crippen molar-refractivity contribution in [1.29, 1.82) is 0 Å². The molecular weight excluding hydrogens is 372 g/mol. The van der Waals surface area contributed by atoms with Gasteiger partial charge in [0.05, 0.1) is 30.2 Å². The lowest BCUT2D eigenvalue weighted by atomic mass is 10.1. The molecule has 3 aromatic carbocycles. The van der Waals surface area contributed by atoms with Crippen LogP contribution in [0.5, 0.6) is 0 Å². The van der Waals surface area contributed by atoms with Crippen molar-refractivity contribution in [1.82, 2.24) is 19.6 Å². The summed E-state index contributed by atoms with van der Waals surface area (Å²) in [6.07, 6.45) is 1.75. The van der Waals surface area contributed by atoms with E-state index in [9.17, 15) is 4.79 Å². The lowest BCUT2D eigenvalue weighted by Crippen LogP contribution is -2.23. The van der Waals surface area contributed by atoms with Crippen LogP contribution < -0.4 is 5.56 Å². The van der Waals surface area contributed by atoms with Crippen LogP contribution in [0.3, 0.4) is 0 Å². The van der Waals surface area contributed by atoms with E-state index in [1.165, 1.54) is 4.68 Å². The molecule has 146 valence electrons.